The van der Waals surface area contributed by atoms with Crippen LogP contribution in [0.3, 0.4) is 0 Å². The van der Waals surface area contributed by atoms with Crippen LogP contribution in [0.1, 0.15) is 23.2 Å². The van der Waals surface area contributed by atoms with Gasteiger partial charge in [0.1, 0.15) is 5.75 Å². The van der Waals surface area contributed by atoms with Gasteiger partial charge in [-0.2, -0.15) is 0 Å². The number of esters is 2. The zero-order valence-electron chi connectivity index (χ0n) is 16.6. The molecule has 0 fully saturated rings. The summed E-state index contributed by atoms with van der Waals surface area (Å²) >= 11 is 0. The van der Waals surface area contributed by atoms with E-state index in [2.05, 4.69) is 11.9 Å². The Hall–Kier alpha value is -3.48. The minimum absolute atomic E-state index is 0.311. The van der Waals surface area contributed by atoms with Crippen molar-refractivity contribution in [1.29, 1.82) is 0 Å². The summed E-state index contributed by atoms with van der Waals surface area (Å²) in [6.07, 6.45) is 2.49. The summed E-state index contributed by atoms with van der Waals surface area (Å²) in [5.41, 5.74) is 1.27. The van der Waals surface area contributed by atoms with Gasteiger partial charge in [0.05, 0.1) is 25.9 Å². The van der Waals surface area contributed by atoms with Crippen molar-refractivity contribution in [1.82, 2.24) is 0 Å². The third kappa shape index (κ3) is 6.88. The van der Waals surface area contributed by atoms with Crippen molar-refractivity contribution in [2.75, 3.05) is 32.7 Å². The van der Waals surface area contributed by atoms with E-state index in [9.17, 15) is 9.59 Å². The lowest BCUT2D eigenvalue weighted by atomic mass is 10.2. The second kappa shape index (κ2) is 11.4. The van der Waals surface area contributed by atoms with Gasteiger partial charge in [-0.3, -0.25) is 0 Å². The maximum Gasteiger partial charge on any atom is 0.343 e. The first-order valence-electron chi connectivity index (χ1n) is 9.17. The zero-order valence-corrected chi connectivity index (χ0v) is 16.6. The first kappa shape index (κ1) is 21.8. The fraction of sp³-hybridized carbons (Fsp3) is 0.273. The number of carbonyl (C=O) groups excluding carboxylic acids is 2. The van der Waals surface area contributed by atoms with Crippen LogP contribution in [0.4, 0.5) is 5.69 Å². The van der Waals surface area contributed by atoms with Crippen LogP contribution in [0.2, 0.25) is 0 Å². The highest BCUT2D eigenvalue weighted by atomic mass is 16.5. The molecule has 154 valence electrons. The zero-order chi connectivity index (χ0) is 21.1. The Labute approximate surface area is 170 Å². The number of benzene rings is 2. The van der Waals surface area contributed by atoms with Gasteiger partial charge in [-0.1, -0.05) is 6.58 Å². The lowest BCUT2D eigenvalue weighted by molar-refractivity contribution is -0.137. The molecule has 7 nitrogen and oxygen atoms in total. The van der Waals surface area contributed by atoms with Crippen molar-refractivity contribution in [2.45, 2.75) is 12.8 Å². The average molecular weight is 399 g/mol. The molecule has 0 saturated heterocycles. The fourth-order valence-electron chi connectivity index (χ4n) is 2.39. The molecule has 2 aromatic rings. The van der Waals surface area contributed by atoms with Crippen molar-refractivity contribution in [3.05, 3.63) is 60.7 Å². The Kier molecular flexibility index (Phi) is 8.56. The molecule has 0 saturated carbocycles. The van der Waals surface area contributed by atoms with E-state index in [1.807, 2.05) is 19.2 Å². The predicted octanol–water partition coefficient (Wildman–Crippen LogP) is 3.84. The van der Waals surface area contributed by atoms with Crippen molar-refractivity contribution in [2.24, 2.45) is 0 Å². The van der Waals surface area contributed by atoms with Crippen molar-refractivity contribution in [3.63, 3.8) is 0 Å². The van der Waals surface area contributed by atoms with Crippen LogP contribution in [0, 0.1) is 0 Å². The second-order valence-electron chi connectivity index (χ2n) is 5.96. The second-order valence-corrected chi connectivity index (χ2v) is 5.96. The molecule has 0 atom stereocenters. The minimum atomic E-state index is -0.490. The summed E-state index contributed by atoms with van der Waals surface area (Å²) in [7, 11) is 3.32. The van der Waals surface area contributed by atoms with Crippen LogP contribution in [0.25, 0.3) is 0 Å². The molecule has 0 aromatic heterocycles. The number of anilines is 1. The summed E-state index contributed by atoms with van der Waals surface area (Å²) in [6, 6.07) is 11.9. The Morgan fingerprint density at radius 3 is 2.41 bits per heavy atom. The van der Waals surface area contributed by atoms with E-state index in [-0.39, 0.29) is 0 Å². The van der Waals surface area contributed by atoms with Gasteiger partial charge >= 0.3 is 11.9 Å². The van der Waals surface area contributed by atoms with E-state index in [1.165, 1.54) is 7.11 Å². The fourth-order valence-corrected chi connectivity index (χ4v) is 2.39. The van der Waals surface area contributed by atoms with Gasteiger partial charge in [-0.05, 0) is 55.3 Å². The van der Waals surface area contributed by atoms with E-state index in [0.29, 0.717) is 48.9 Å². The van der Waals surface area contributed by atoms with E-state index >= 15 is 0 Å². The van der Waals surface area contributed by atoms with Gasteiger partial charge in [0.25, 0.3) is 0 Å². The maximum atomic E-state index is 12.4. The number of nitrogens with one attached hydrogen (secondary N) is 1. The normalized spacial score (nSPS) is 10.0. The van der Waals surface area contributed by atoms with Gasteiger partial charge in [0.2, 0.25) is 0 Å². The van der Waals surface area contributed by atoms with Crippen LogP contribution in [-0.2, 0) is 9.53 Å². The van der Waals surface area contributed by atoms with Gasteiger partial charge in [0.15, 0.2) is 11.5 Å². The molecule has 2 aromatic carbocycles. The van der Waals surface area contributed by atoms with Crippen LogP contribution in [0.5, 0.6) is 17.2 Å². The number of methoxy groups -OCH3 is 1. The summed E-state index contributed by atoms with van der Waals surface area (Å²) in [5.74, 6) is 0.475. The molecule has 0 radical (unpaired) electrons. The van der Waals surface area contributed by atoms with Crippen molar-refractivity contribution >= 4 is 17.6 Å². The largest absolute Gasteiger partial charge is 0.493 e. The molecular formula is C22H25NO6. The van der Waals surface area contributed by atoms with E-state index in [4.69, 9.17) is 18.9 Å². The van der Waals surface area contributed by atoms with Gasteiger partial charge in [-0.25, -0.2) is 9.59 Å². The molecule has 2 rings (SSSR count). The molecule has 0 aliphatic carbocycles. The van der Waals surface area contributed by atoms with Gasteiger partial charge in [0, 0.05) is 18.8 Å². The summed E-state index contributed by atoms with van der Waals surface area (Å²) in [6.45, 7) is 4.07. The third-order valence-electron chi connectivity index (χ3n) is 3.96. The lowest BCUT2D eigenvalue weighted by Crippen LogP contribution is -2.09. The summed E-state index contributed by atoms with van der Waals surface area (Å²) < 4.78 is 21.3. The molecule has 0 aliphatic heterocycles. The van der Waals surface area contributed by atoms with Crippen molar-refractivity contribution in [3.8, 4) is 17.2 Å². The Bertz CT molecular complexity index is 832. The van der Waals surface area contributed by atoms with Crippen LogP contribution < -0.4 is 19.5 Å². The Balaban J connectivity index is 1.88. The summed E-state index contributed by atoms with van der Waals surface area (Å²) in [4.78, 5) is 23.3. The van der Waals surface area contributed by atoms with Crippen LogP contribution in [-0.4, -0.2) is 39.3 Å². The number of rotatable bonds is 11. The maximum absolute atomic E-state index is 12.4. The highest BCUT2D eigenvalue weighted by Crippen LogP contribution is 2.29. The molecule has 7 heteroatoms. The topological polar surface area (TPSA) is 83.1 Å². The smallest absolute Gasteiger partial charge is 0.343 e. The number of carbonyl (C=O) groups is 2. The van der Waals surface area contributed by atoms with Crippen molar-refractivity contribution < 1.29 is 28.5 Å². The van der Waals surface area contributed by atoms with Crippen LogP contribution >= 0.6 is 0 Å². The summed E-state index contributed by atoms with van der Waals surface area (Å²) in [5, 5.41) is 3.00. The van der Waals surface area contributed by atoms with E-state index in [1.54, 1.807) is 30.3 Å². The average Bonchev–Trinajstić information content (AvgIpc) is 2.76. The molecule has 0 heterocycles. The standard InChI is InChI=1S/C22H25NO6/c1-4-21(24)28-14-6-5-13-27-19-12-7-16(15-20(19)26-3)22(25)29-18-10-8-17(23-2)9-11-18/h4,7-12,15,23H,1,5-6,13-14H2,2-3H3. The lowest BCUT2D eigenvalue weighted by Gasteiger charge is -2.12. The molecule has 0 bridgehead atoms. The minimum Gasteiger partial charge on any atom is -0.493 e. The first-order chi connectivity index (χ1) is 14.1. The molecule has 0 amide bonds. The molecule has 0 unspecified atom stereocenters. The third-order valence-corrected chi connectivity index (χ3v) is 3.96. The molecular weight excluding hydrogens is 374 g/mol. The first-order valence-corrected chi connectivity index (χ1v) is 9.17. The highest BCUT2D eigenvalue weighted by Gasteiger charge is 2.13. The van der Waals surface area contributed by atoms with Gasteiger partial charge < -0.3 is 24.3 Å². The SMILES string of the molecule is C=CC(=O)OCCCCOc1ccc(C(=O)Oc2ccc(NC)cc2)cc1OC. The van der Waals surface area contributed by atoms with E-state index < -0.39 is 11.9 Å². The predicted molar refractivity (Wildman–Crippen MR) is 110 cm³/mol. The van der Waals surface area contributed by atoms with Gasteiger partial charge in [-0.15, -0.1) is 0 Å². The number of ether oxygens (including phenoxy) is 4. The van der Waals surface area contributed by atoms with E-state index in [0.717, 1.165) is 11.8 Å². The number of unbranched alkanes of at least 4 members (excludes halogenated alkanes) is 1. The molecule has 1 N–H and O–H groups in total. The Morgan fingerprint density at radius 2 is 1.76 bits per heavy atom. The molecule has 29 heavy (non-hydrogen) atoms. The monoisotopic (exact) mass is 399 g/mol. The van der Waals surface area contributed by atoms with Crippen LogP contribution in [0.15, 0.2) is 55.1 Å². The number of hydrogen-bond acceptors (Lipinski definition) is 7. The molecule has 0 aliphatic rings. The molecule has 0 spiro atoms. The quantitative estimate of drug-likeness (QED) is 0.266. The number of hydrogen-bond donors (Lipinski definition) is 1. The highest BCUT2D eigenvalue weighted by molar-refractivity contribution is 5.91. The Morgan fingerprint density at radius 1 is 1.03 bits per heavy atom.